The van der Waals surface area contributed by atoms with Gasteiger partial charge in [-0.2, -0.15) is 0 Å². The van der Waals surface area contributed by atoms with Gasteiger partial charge in [0.15, 0.2) is 0 Å². The van der Waals surface area contributed by atoms with Crippen molar-refractivity contribution in [2.75, 3.05) is 18.0 Å². The third kappa shape index (κ3) is 3.30. The van der Waals surface area contributed by atoms with Gasteiger partial charge in [0.2, 0.25) is 5.95 Å². The van der Waals surface area contributed by atoms with E-state index in [4.69, 9.17) is 9.72 Å². The van der Waals surface area contributed by atoms with Crippen molar-refractivity contribution in [2.24, 2.45) is 0 Å². The minimum atomic E-state index is -0.279. The molecule has 2 unspecified atom stereocenters. The van der Waals surface area contributed by atoms with Gasteiger partial charge in [0.25, 0.3) is 0 Å². The molecule has 0 radical (unpaired) electrons. The first-order valence-corrected chi connectivity index (χ1v) is 8.63. The summed E-state index contributed by atoms with van der Waals surface area (Å²) < 4.78 is 19.2. The number of hydrogen-bond acceptors (Lipinski definition) is 5. The number of halogens is 1. The molecule has 3 aromatic rings. The maximum Gasteiger partial charge on any atom is 0.226 e. The van der Waals surface area contributed by atoms with Crippen LogP contribution >= 0.6 is 0 Å². The van der Waals surface area contributed by atoms with E-state index in [1.807, 2.05) is 13.8 Å². The van der Waals surface area contributed by atoms with Crippen molar-refractivity contribution in [1.82, 2.24) is 19.9 Å². The lowest BCUT2D eigenvalue weighted by Crippen LogP contribution is -2.46. The molecule has 1 fully saturated rings. The fourth-order valence-electron chi connectivity index (χ4n) is 3.28. The number of aromatic amines is 1. The van der Waals surface area contributed by atoms with Gasteiger partial charge >= 0.3 is 0 Å². The zero-order valence-electron chi connectivity index (χ0n) is 14.7. The van der Waals surface area contributed by atoms with Crippen LogP contribution in [0.2, 0.25) is 0 Å². The van der Waals surface area contributed by atoms with Gasteiger partial charge < -0.3 is 14.6 Å². The predicted molar refractivity (Wildman–Crippen MR) is 97.2 cm³/mol. The van der Waals surface area contributed by atoms with Crippen molar-refractivity contribution in [3.63, 3.8) is 0 Å². The van der Waals surface area contributed by atoms with Gasteiger partial charge in [-0.15, -0.1) is 0 Å². The lowest BCUT2D eigenvalue weighted by Gasteiger charge is -2.35. The zero-order chi connectivity index (χ0) is 18.1. The molecule has 0 spiro atoms. The van der Waals surface area contributed by atoms with E-state index in [0.717, 1.165) is 29.9 Å². The number of aromatic nitrogens is 4. The van der Waals surface area contributed by atoms with E-state index in [9.17, 15) is 4.39 Å². The average Bonchev–Trinajstić information content (AvgIpc) is 3.15. The Morgan fingerprint density at radius 1 is 1.12 bits per heavy atom. The van der Waals surface area contributed by atoms with Gasteiger partial charge in [0, 0.05) is 37.2 Å². The van der Waals surface area contributed by atoms with Gasteiger partial charge in [-0.3, -0.25) is 0 Å². The topological polar surface area (TPSA) is 66.9 Å². The molecule has 0 bridgehead atoms. The maximum absolute atomic E-state index is 13.4. The predicted octanol–water partition coefficient (Wildman–Crippen LogP) is 3.29. The van der Waals surface area contributed by atoms with Crippen LogP contribution in [0.3, 0.4) is 0 Å². The largest absolute Gasteiger partial charge is 0.372 e. The summed E-state index contributed by atoms with van der Waals surface area (Å²) in [6, 6.07) is 6.31. The van der Waals surface area contributed by atoms with Gasteiger partial charge in [-0.25, -0.2) is 19.3 Å². The fourth-order valence-corrected chi connectivity index (χ4v) is 3.28. The van der Waals surface area contributed by atoms with E-state index < -0.39 is 0 Å². The van der Waals surface area contributed by atoms with Gasteiger partial charge in [-0.1, -0.05) is 0 Å². The summed E-state index contributed by atoms with van der Waals surface area (Å²) in [5.74, 6) is 1.04. The third-order valence-electron chi connectivity index (χ3n) is 4.35. The van der Waals surface area contributed by atoms with Crippen LogP contribution in [0.5, 0.6) is 0 Å². The molecule has 4 rings (SSSR count). The highest BCUT2D eigenvalue weighted by Crippen LogP contribution is 2.30. The maximum atomic E-state index is 13.4. The van der Waals surface area contributed by atoms with Gasteiger partial charge in [-0.05, 0) is 38.1 Å². The molecule has 2 atom stereocenters. The Morgan fingerprint density at radius 3 is 2.50 bits per heavy atom. The average molecular weight is 353 g/mol. The molecular weight excluding hydrogens is 333 g/mol. The number of nitrogens with one attached hydrogen (secondary N) is 1. The highest BCUT2D eigenvalue weighted by atomic mass is 19.1. The Hall–Kier alpha value is -2.80. The minimum Gasteiger partial charge on any atom is -0.372 e. The molecular formula is C19H20FN5O. The second-order valence-corrected chi connectivity index (χ2v) is 6.54. The number of morpholine rings is 1. The van der Waals surface area contributed by atoms with Gasteiger partial charge in [0.1, 0.15) is 11.6 Å². The fraction of sp³-hybridized carbons (Fsp3) is 0.316. The lowest BCUT2D eigenvalue weighted by atomic mass is 10.1. The summed E-state index contributed by atoms with van der Waals surface area (Å²) in [6.45, 7) is 5.54. The Kier molecular flexibility index (Phi) is 4.38. The van der Waals surface area contributed by atoms with Crippen LogP contribution in [0.15, 0.2) is 42.9 Å². The minimum absolute atomic E-state index is 0.112. The molecule has 1 aromatic carbocycles. The first-order chi connectivity index (χ1) is 12.6. The van der Waals surface area contributed by atoms with Crippen LogP contribution in [-0.4, -0.2) is 45.2 Å². The van der Waals surface area contributed by atoms with Crippen molar-refractivity contribution < 1.29 is 9.13 Å². The molecule has 1 aliphatic rings. The summed E-state index contributed by atoms with van der Waals surface area (Å²) in [5, 5.41) is 0. The van der Waals surface area contributed by atoms with E-state index in [0.29, 0.717) is 11.8 Å². The third-order valence-corrected chi connectivity index (χ3v) is 4.35. The molecule has 7 heteroatoms. The molecule has 1 saturated heterocycles. The molecule has 26 heavy (non-hydrogen) atoms. The number of nitrogens with zero attached hydrogens (tertiary/aromatic N) is 4. The smallest absolute Gasteiger partial charge is 0.226 e. The van der Waals surface area contributed by atoms with E-state index in [-0.39, 0.29) is 18.0 Å². The molecule has 1 aliphatic heterocycles. The van der Waals surface area contributed by atoms with Crippen LogP contribution in [0, 0.1) is 5.82 Å². The molecule has 1 N–H and O–H groups in total. The second kappa shape index (κ2) is 6.84. The Labute approximate surface area is 151 Å². The Morgan fingerprint density at radius 2 is 1.85 bits per heavy atom. The van der Waals surface area contributed by atoms with E-state index in [1.165, 1.54) is 12.1 Å². The number of imidazole rings is 1. The first kappa shape index (κ1) is 16.7. The molecule has 0 amide bonds. The zero-order valence-corrected chi connectivity index (χ0v) is 14.7. The van der Waals surface area contributed by atoms with Crippen molar-refractivity contribution in [3.8, 4) is 22.6 Å². The number of rotatable bonds is 3. The highest BCUT2D eigenvalue weighted by Gasteiger charge is 2.25. The van der Waals surface area contributed by atoms with E-state index in [1.54, 1.807) is 30.7 Å². The van der Waals surface area contributed by atoms with Crippen molar-refractivity contribution in [1.29, 1.82) is 0 Å². The number of benzene rings is 1. The first-order valence-electron chi connectivity index (χ1n) is 8.63. The molecule has 6 nitrogen and oxygen atoms in total. The standard InChI is InChI=1S/C19H20FN5O/c1-12-10-25(11-13(2)26-12)19-23-9-16(18-21-7-8-22-18)17(24-19)14-3-5-15(20)6-4-14/h3-9,12-13H,10-11H2,1-2H3,(H,21,22). The highest BCUT2D eigenvalue weighted by molar-refractivity contribution is 5.77. The summed E-state index contributed by atoms with van der Waals surface area (Å²) in [4.78, 5) is 18.9. The normalized spacial score (nSPS) is 20.3. The Balaban J connectivity index is 1.79. The van der Waals surface area contributed by atoms with Crippen LogP contribution in [0.4, 0.5) is 10.3 Å². The van der Waals surface area contributed by atoms with Crippen LogP contribution < -0.4 is 4.90 Å². The van der Waals surface area contributed by atoms with Gasteiger partial charge in [0.05, 0.1) is 23.5 Å². The molecule has 3 heterocycles. The van der Waals surface area contributed by atoms with Crippen molar-refractivity contribution in [3.05, 3.63) is 48.7 Å². The quantitative estimate of drug-likeness (QED) is 0.783. The number of hydrogen-bond donors (Lipinski definition) is 1. The van der Waals surface area contributed by atoms with Crippen LogP contribution in [-0.2, 0) is 4.74 Å². The number of anilines is 1. The van der Waals surface area contributed by atoms with Crippen LogP contribution in [0.1, 0.15) is 13.8 Å². The van der Waals surface area contributed by atoms with Crippen molar-refractivity contribution >= 4 is 5.95 Å². The monoisotopic (exact) mass is 353 g/mol. The number of ether oxygens (including phenoxy) is 1. The Bertz CT molecular complexity index is 871. The lowest BCUT2D eigenvalue weighted by molar-refractivity contribution is -0.00571. The number of H-pyrrole nitrogens is 1. The summed E-state index contributed by atoms with van der Waals surface area (Å²) in [7, 11) is 0. The second-order valence-electron chi connectivity index (χ2n) is 6.54. The molecule has 134 valence electrons. The molecule has 0 aliphatic carbocycles. The molecule has 0 saturated carbocycles. The molecule has 2 aromatic heterocycles. The SMILES string of the molecule is CC1CN(c2ncc(-c3ncc[nH]3)c(-c3ccc(F)cc3)n2)CC(C)O1. The van der Waals surface area contributed by atoms with Crippen LogP contribution in [0.25, 0.3) is 22.6 Å². The van der Waals surface area contributed by atoms with E-state index in [2.05, 4.69) is 19.9 Å². The van der Waals surface area contributed by atoms with Crippen molar-refractivity contribution in [2.45, 2.75) is 26.1 Å². The summed E-state index contributed by atoms with van der Waals surface area (Å²) >= 11 is 0. The summed E-state index contributed by atoms with van der Waals surface area (Å²) in [5.41, 5.74) is 2.31. The summed E-state index contributed by atoms with van der Waals surface area (Å²) in [6.07, 6.45) is 5.43. The van der Waals surface area contributed by atoms with E-state index >= 15 is 0 Å².